The third-order valence-electron chi connectivity index (χ3n) is 2.98. The van der Waals surface area contributed by atoms with Crippen molar-refractivity contribution in [1.82, 2.24) is 9.97 Å². The largest absolute Gasteiger partial charge is 0.437 e. The first-order chi connectivity index (χ1) is 9.27. The van der Waals surface area contributed by atoms with Gasteiger partial charge in [-0.25, -0.2) is 4.98 Å². The van der Waals surface area contributed by atoms with E-state index in [4.69, 9.17) is 22.1 Å². The zero-order valence-electron chi connectivity index (χ0n) is 12.1. The lowest BCUT2D eigenvalue weighted by molar-refractivity contribution is 0.458. The number of aryl methyl sites for hydroxylation is 1. The molecule has 0 aliphatic heterocycles. The van der Waals surface area contributed by atoms with Gasteiger partial charge in [0.15, 0.2) is 0 Å². The van der Waals surface area contributed by atoms with Crippen molar-refractivity contribution in [1.29, 1.82) is 0 Å². The SMILES string of the molecule is Cc1cc(C(C)(C)C)ccc1Oc1nc(N)ncc1Cl. The van der Waals surface area contributed by atoms with E-state index < -0.39 is 0 Å². The molecule has 0 saturated carbocycles. The Kier molecular flexibility index (Phi) is 3.86. The molecule has 2 N–H and O–H groups in total. The van der Waals surface area contributed by atoms with Crippen LogP contribution < -0.4 is 10.5 Å². The van der Waals surface area contributed by atoms with E-state index in [1.165, 1.54) is 11.8 Å². The van der Waals surface area contributed by atoms with Gasteiger partial charge in [0.25, 0.3) is 0 Å². The molecule has 1 aromatic heterocycles. The average molecular weight is 292 g/mol. The highest BCUT2D eigenvalue weighted by molar-refractivity contribution is 6.31. The van der Waals surface area contributed by atoms with Crippen molar-refractivity contribution in [3.05, 3.63) is 40.5 Å². The lowest BCUT2D eigenvalue weighted by Crippen LogP contribution is -2.11. The van der Waals surface area contributed by atoms with Gasteiger partial charge in [-0.15, -0.1) is 0 Å². The Hall–Kier alpha value is -1.81. The van der Waals surface area contributed by atoms with E-state index in [-0.39, 0.29) is 17.2 Å². The van der Waals surface area contributed by atoms with Crippen molar-refractivity contribution < 1.29 is 4.74 Å². The predicted octanol–water partition coefficient (Wildman–Crippen LogP) is 4.11. The van der Waals surface area contributed by atoms with Gasteiger partial charge in [-0.2, -0.15) is 4.98 Å². The number of anilines is 1. The number of ether oxygens (including phenoxy) is 1. The average Bonchev–Trinajstić information content (AvgIpc) is 2.35. The summed E-state index contributed by atoms with van der Waals surface area (Å²) in [6.07, 6.45) is 1.43. The summed E-state index contributed by atoms with van der Waals surface area (Å²) >= 11 is 6.00. The Balaban J connectivity index is 2.33. The fourth-order valence-electron chi connectivity index (χ4n) is 1.77. The number of nitrogens with zero attached hydrogens (tertiary/aromatic N) is 2. The van der Waals surface area contributed by atoms with Crippen LogP contribution in [0.2, 0.25) is 5.02 Å². The van der Waals surface area contributed by atoms with Crippen molar-refractivity contribution in [2.75, 3.05) is 5.73 Å². The van der Waals surface area contributed by atoms with Crippen LogP contribution in [-0.4, -0.2) is 9.97 Å². The van der Waals surface area contributed by atoms with Crippen molar-refractivity contribution in [3.8, 4) is 11.6 Å². The second-order valence-electron chi connectivity index (χ2n) is 5.71. The number of hydrogen-bond donors (Lipinski definition) is 1. The number of aromatic nitrogens is 2. The molecule has 0 unspecified atom stereocenters. The second kappa shape index (κ2) is 5.29. The molecule has 0 atom stereocenters. The van der Waals surface area contributed by atoms with Crippen LogP contribution in [0.25, 0.3) is 0 Å². The van der Waals surface area contributed by atoms with Crippen LogP contribution in [0.1, 0.15) is 31.9 Å². The molecule has 0 aliphatic rings. The maximum absolute atomic E-state index is 6.00. The quantitative estimate of drug-likeness (QED) is 0.904. The predicted molar refractivity (Wildman–Crippen MR) is 81.4 cm³/mol. The molecule has 0 fully saturated rings. The maximum Gasteiger partial charge on any atom is 0.243 e. The molecular formula is C15H18ClN3O. The van der Waals surface area contributed by atoms with E-state index >= 15 is 0 Å². The van der Waals surface area contributed by atoms with E-state index in [1.54, 1.807) is 0 Å². The number of halogens is 1. The van der Waals surface area contributed by atoms with Gasteiger partial charge >= 0.3 is 0 Å². The zero-order chi connectivity index (χ0) is 14.9. The highest BCUT2D eigenvalue weighted by Gasteiger charge is 2.15. The van der Waals surface area contributed by atoms with E-state index in [0.717, 1.165) is 5.56 Å². The summed E-state index contributed by atoms with van der Waals surface area (Å²) < 4.78 is 5.73. The summed E-state index contributed by atoms with van der Waals surface area (Å²) in [5.74, 6) is 1.11. The van der Waals surface area contributed by atoms with Crippen LogP contribution in [-0.2, 0) is 5.41 Å². The number of nitrogens with two attached hydrogens (primary N) is 1. The third kappa shape index (κ3) is 3.20. The van der Waals surface area contributed by atoms with Gasteiger partial charge in [0.1, 0.15) is 10.8 Å². The zero-order valence-corrected chi connectivity index (χ0v) is 12.8. The Morgan fingerprint density at radius 2 is 1.95 bits per heavy atom. The molecule has 4 nitrogen and oxygen atoms in total. The Morgan fingerprint density at radius 3 is 2.55 bits per heavy atom. The highest BCUT2D eigenvalue weighted by Crippen LogP contribution is 2.32. The first-order valence-electron chi connectivity index (χ1n) is 6.34. The van der Waals surface area contributed by atoms with E-state index in [0.29, 0.717) is 10.8 Å². The molecule has 1 aromatic carbocycles. The molecule has 106 valence electrons. The molecule has 0 spiro atoms. The summed E-state index contributed by atoms with van der Waals surface area (Å²) in [6, 6.07) is 6.07. The fraction of sp³-hybridized carbons (Fsp3) is 0.333. The molecular weight excluding hydrogens is 274 g/mol. The summed E-state index contributed by atoms with van der Waals surface area (Å²) in [5, 5.41) is 0.332. The number of hydrogen-bond acceptors (Lipinski definition) is 4. The number of nitrogen functional groups attached to an aromatic ring is 1. The van der Waals surface area contributed by atoms with Crippen LogP contribution in [0.3, 0.4) is 0 Å². The van der Waals surface area contributed by atoms with Gasteiger partial charge < -0.3 is 10.5 Å². The van der Waals surface area contributed by atoms with Gasteiger partial charge in [0.2, 0.25) is 11.8 Å². The van der Waals surface area contributed by atoms with Gasteiger partial charge in [-0.05, 0) is 29.5 Å². The second-order valence-corrected chi connectivity index (χ2v) is 6.12. The minimum absolute atomic E-state index is 0.0975. The van der Waals surface area contributed by atoms with Gasteiger partial charge in [-0.1, -0.05) is 44.5 Å². The number of benzene rings is 1. The minimum atomic E-state index is 0.0975. The van der Waals surface area contributed by atoms with Crippen molar-refractivity contribution in [2.45, 2.75) is 33.1 Å². The maximum atomic E-state index is 6.00. The first kappa shape index (κ1) is 14.6. The molecule has 0 radical (unpaired) electrons. The Labute approximate surface area is 124 Å². The lowest BCUT2D eigenvalue weighted by atomic mass is 9.86. The lowest BCUT2D eigenvalue weighted by Gasteiger charge is -2.20. The Bertz CT molecular complexity index is 636. The van der Waals surface area contributed by atoms with Crippen LogP contribution in [0, 0.1) is 6.92 Å². The summed E-state index contributed by atoms with van der Waals surface area (Å²) in [6.45, 7) is 8.50. The molecule has 20 heavy (non-hydrogen) atoms. The molecule has 0 saturated heterocycles. The van der Waals surface area contributed by atoms with E-state index in [1.807, 2.05) is 19.1 Å². The topological polar surface area (TPSA) is 61.0 Å². The molecule has 0 amide bonds. The van der Waals surface area contributed by atoms with Crippen molar-refractivity contribution >= 4 is 17.5 Å². The normalized spacial score (nSPS) is 11.4. The molecule has 1 heterocycles. The standard InChI is InChI=1S/C15H18ClN3O/c1-9-7-10(15(2,3)4)5-6-12(9)20-13-11(16)8-18-14(17)19-13/h5-8H,1-4H3,(H2,17,18,19). The van der Waals surface area contributed by atoms with Crippen LogP contribution in [0.15, 0.2) is 24.4 Å². The fourth-order valence-corrected chi connectivity index (χ4v) is 1.90. The van der Waals surface area contributed by atoms with E-state index in [9.17, 15) is 0 Å². The van der Waals surface area contributed by atoms with E-state index in [2.05, 4.69) is 36.8 Å². The summed E-state index contributed by atoms with van der Waals surface area (Å²) in [4.78, 5) is 7.80. The summed E-state index contributed by atoms with van der Waals surface area (Å²) in [7, 11) is 0. The van der Waals surface area contributed by atoms with Crippen molar-refractivity contribution in [3.63, 3.8) is 0 Å². The number of rotatable bonds is 2. The molecule has 2 aromatic rings. The molecule has 2 rings (SSSR count). The third-order valence-corrected chi connectivity index (χ3v) is 3.24. The van der Waals surface area contributed by atoms with Crippen molar-refractivity contribution in [2.24, 2.45) is 0 Å². The van der Waals surface area contributed by atoms with Gasteiger partial charge in [0, 0.05) is 0 Å². The first-order valence-corrected chi connectivity index (χ1v) is 6.72. The van der Waals surface area contributed by atoms with Gasteiger partial charge in [-0.3, -0.25) is 0 Å². The Morgan fingerprint density at radius 1 is 1.25 bits per heavy atom. The monoisotopic (exact) mass is 291 g/mol. The molecule has 0 aliphatic carbocycles. The van der Waals surface area contributed by atoms with Gasteiger partial charge in [0.05, 0.1) is 6.20 Å². The minimum Gasteiger partial charge on any atom is -0.437 e. The highest BCUT2D eigenvalue weighted by atomic mass is 35.5. The molecule has 5 heteroatoms. The van der Waals surface area contributed by atoms with Crippen LogP contribution in [0.4, 0.5) is 5.95 Å². The smallest absolute Gasteiger partial charge is 0.243 e. The van der Waals surface area contributed by atoms with Crippen LogP contribution in [0.5, 0.6) is 11.6 Å². The molecule has 0 bridgehead atoms. The summed E-state index contributed by atoms with van der Waals surface area (Å²) in [5.41, 5.74) is 7.90. The van der Waals surface area contributed by atoms with Crippen LogP contribution >= 0.6 is 11.6 Å².